The van der Waals surface area contributed by atoms with E-state index in [0.717, 1.165) is 35.2 Å². The standard InChI is InChI=1S/C33H37N3O3/c1-23-7-9-25(10-8-23)11-12-26-13-15-27(16-14-26)21-36-32(30(22-37)33(39-36)24(2)38)20-34-18-17-28-19-35-31-6-4-3-5-29(28)31/h3-10,13-16,19,24,30,32-35,37-38H,17-18,20-22H2,1-2H3/t24-,30?,32?,33+/m1/s1. The molecule has 1 aliphatic rings. The van der Waals surface area contributed by atoms with E-state index in [0.29, 0.717) is 13.1 Å². The highest BCUT2D eigenvalue weighted by Gasteiger charge is 2.44. The number of aromatic amines is 1. The van der Waals surface area contributed by atoms with Crippen molar-refractivity contribution in [1.82, 2.24) is 15.4 Å². The molecule has 4 aromatic rings. The second kappa shape index (κ2) is 12.6. The number of para-hydroxylation sites is 1. The maximum Gasteiger partial charge on any atom is 0.111 e. The van der Waals surface area contributed by atoms with Crippen molar-refractivity contribution in [3.8, 4) is 11.8 Å². The first-order valence-electron chi connectivity index (χ1n) is 13.7. The summed E-state index contributed by atoms with van der Waals surface area (Å²) >= 11 is 0. The number of hydrogen-bond acceptors (Lipinski definition) is 5. The summed E-state index contributed by atoms with van der Waals surface area (Å²) in [4.78, 5) is 9.53. The Kier molecular flexibility index (Phi) is 8.77. The van der Waals surface area contributed by atoms with Crippen LogP contribution in [-0.2, 0) is 17.8 Å². The van der Waals surface area contributed by atoms with Crippen LogP contribution in [0.4, 0.5) is 0 Å². The molecule has 1 fully saturated rings. The summed E-state index contributed by atoms with van der Waals surface area (Å²) in [5.41, 5.74) is 6.68. The molecule has 4 N–H and O–H groups in total. The molecule has 202 valence electrons. The number of aryl methyl sites for hydroxylation is 1. The van der Waals surface area contributed by atoms with Crippen molar-refractivity contribution in [2.24, 2.45) is 5.92 Å². The topological polar surface area (TPSA) is 80.8 Å². The third-order valence-corrected chi connectivity index (χ3v) is 7.52. The maximum atomic E-state index is 10.4. The maximum absolute atomic E-state index is 10.4. The van der Waals surface area contributed by atoms with Gasteiger partial charge in [-0.1, -0.05) is 59.9 Å². The molecule has 2 heterocycles. The van der Waals surface area contributed by atoms with Gasteiger partial charge in [-0.3, -0.25) is 4.84 Å². The van der Waals surface area contributed by atoms with Crippen molar-refractivity contribution in [3.63, 3.8) is 0 Å². The third kappa shape index (κ3) is 6.59. The minimum Gasteiger partial charge on any atom is -0.396 e. The number of nitrogens with one attached hydrogen (secondary N) is 2. The van der Waals surface area contributed by atoms with Crippen molar-refractivity contribution >= 4 is 10.9 Å². The summed E-state index contributed by atoms with van der Waals surface area (Å²) < 4.78 is 0. The molecule has 4 atom stereocenters. The van der Waals surface area contributed by atoms with Crippen LogP contribution in [-0.4, -0.2) is 58.2 Å². The summed E-state index contributed by atoms with van der Waals surface area (Å²) in [5, 5.41) is 27.3. The summed E-state index contributed by atoms with van der Waals surface area (Å²) in [6.45, 7) is 5.75. The molecule has 5 rings (SSSR count). The van der Waals surface area contributed by atoms with E-state index >= 15 is 0 Å². The first-order chi connectivity index (χ1) is 19.0. The first kappa shape index (κ1) is 27.1. The number of aliphatic hydroxyl groups is 2. The van der Waals surface area contributed by atoms with Crippen molar-refractivity contribution in [3.05, 3.63) is 107 Å². The Hall–Kier alpha value is -3.44. The molecular weight excluding hydrogens is 486 g/mol. The molecular formula is C33H37N3O3. The summed E-state index contributed by atoms with van der Waals surface area (Å²) in [6, 6.07) is 24.6. The lowest BCUT2D eigenvalue weighted by atomic mass is 9.92. The van der Waals surface area contributed by atoms with Crippen LogP contribution in [0.5, 0.6) is 0 Å². The van der Waals surface area contributed by atoms with Crippen molar-refractivity contribution in [1.29, 1.82) is 0 Å². The Morgan fingerprint density at radius 1 is 1.00 bits per heavy atom. The molecule has 0 spiro atoms. The molecule has 39 heavy (non-hydrogen) atoms. The Morgan fingerprint density at radius 3 is 2.38 bits per heavy atom. The summed E-state index contributed by atoms with van der Waals surface area (Å²) in [7, 11) is 0. The molecule has 1 aromatic heterocycles. The van der Waals surface area contributed by atoms with E-state index in [1.807, 2.05) is 35.4 Å². The van der Waals surface area contributed by atoms with Crippen LogP contribution < -0.4 is 5.32 Å². The number of rotatable bonds is 9. The van der Waals surface area contributed by atoms with Gasteiger partial charge < -0.3 is 20.5 Å². The zero-order chi connectivity index (χ0) is 27.2. The summed E-state index contributed by atoms with van der Waals surface area (Å²) in [5.74, 6) is 6.26. The Balaban J connectivity index is 1.22. The molecule has 1 aliphatic heterocycles. The number of aromatic nitrogens is 1. The van der Waals surface area contributed by atoms with Gasteiger partial charge in [-0.15, -0.1) is 0 Å². The number of fused-ring (bicyclic) bond motifs is 1. The largest absolute Gasteiger partial charge is 0.396 e. The van der Waals surface area contributed by atoms with Gasteiger partial charge in [-0.2, -0.15) is 5.06 Å². The second-order valence-electron chi connectivity index (χ2n) is 10.4. The third-order valence-electron chi connectivity index (χ3n) is 7.52. The highest BCUT2D eigenvalue weighted by atomic mass is 16.7. The van der Waals surface area contributed by atoms with Gasteiger partial charge >= 0.3 is 0 Å². The number of benzene rings is 3. The van der Waals surface area contributed by atoms with Crippen LogP contribution in [0.15, 0.2) is 79.0 Å². The lowest BCUT2D eigenvalue weighted by Crippen LogP contribution is -2.43. The molecule has 6 heteroatoms. The van der Waals surface area contributed by atoms with Crippen LogP contribution >= 0.6 is 0 Å². The molecule has 0 bridgehead atoms. The molecule has 3 aromatic carbocycles. The Bertz CT molecular complexity index is 1420. The predicted octanol–water partition coefficient (Wildman–Crippen LogP) is 4.18. The van der Waals surface area contributed by atoms with Crippen molar-refractivity contribution in [2.45, 2.75) is 45.1 Å². The van der Waals surface area contributed by atoms with Crippen molar-refractivity contribution < 1.29 is 15.1 Å². The van der Waals surface area contributed by atoms with Crippen molar-refractivity contribution in [2.75, 3.05) is 19.7 Å². The van der Waals surface area contributed by atoms with Crippen LogP contribution in [0.2, 0.25) is 0 Å². The zero-order valence-corrected chi connectivity index (χ0v) is 22.6. The molecule has 6 nitrogen and oxygen atoms in total. The van der Waals surface area contributed by atoms with E-state index in [1.165, 1.54) is 16.5 Å². The van der Waals surface area contributed by atoms with E-state index in [4.69, 9.17) is 4.84 Å². The number of nitrogens with zero attached hydrogens (tertiary/aromatic N) is 1. The second-order valence-corrected chi connectivity index (χ2v) is 10.4. The van der Waals surface area contributed by atoms with Gasteiger partial charge in [0.2, 0.25) is 0 Å². The number of hydrogen-bond donors (Lipinski definition) is 4. The van der Waals surface area contributed by atoms with Gasteiger partial charge in [-0.25, -0.2) is 0 Å². The SMILES string of the molecule is Cc1ccc(C#Cc2ccc(CN3O[C@@H]([C@@H](C)O)C(CO)C3CNCCc3c[nH]c4ccccc34)cc2)cc1. The normalized spacial score (nSPS) is 20.2. The van der Waals surface area contributed by atoms with E-state index in [-0.39, 0.29) is 18.6 Å². The fourth-order valence-corrected chi connectivity index (χ4v) is 5.29. The average molecular weight is 524 g/mol. The van der Waals surface area contributed by atoms with Crippen LogP contribution in [0.25, 0.3) is 10.9 Å². The van der Waals surface area contributed by atoms with Gasteiger partial charge in [-0.05, 0) is 68.3 Å². The van der Waals surface area contributed by atoms with E-state index < -0.39 is 12.2 Å². The van der Waals surface area contributed by atoms with E-state index in [1.54, 1.807) is 6.92 Å². The van der Waals surface area contributed by atoms with Gasteiger partial charge in [0.1, 0.15) is 6.10 Å². The van der Waals surface area contributed by atoms with Crippen LogP contribution in [0.1, 0.15) is 34.7 Å². The zero-order valence-electron chi connectivity index (χ0n) is 22.6. The fourth-order valence-electron chi connectivity index (χ4n) is 5.29. The predicted molar refractivity (Wildman–Crippen MR) is 155 cm³/mol. The average Bonchev–Trinajstić information content (AvgIpc) is 3.52. The monoisotopic (exact) mass is 523 g/mol. The highest BCUT2D eigenvalue weighted by Crippen LogP contribution is 2.31. The van der Waals surface area contributed by atoms with Crippen LogP contribution in [0, 0.1) is 24.7 Å². The molecule has 2 unspecified atom stereocenters. The van der Waals surface area contributed by atoms with Crippen LogP contribution in [0.3, 0.4) is 0 Å². The number of hydroxylamine groups is 2. The minimum atomic E-state index is -0.680. The Labute approximate surface area is 230 Å². The lowest BCUT2D eigenvalue weighted by molar-refractivity contribution is -0.189. The number of H-pyrrole nitrogens is 1. The van der Waals surface area contributed by atoms with Gasteiger partial charge in [0, 0.05) is 47.2 Å². The quantitative estimate of drug-likeness (QED) is 0.196. The molecule has 0 saturated carbocycles. The molecule has 0 amide bonds. The Morgan fingerprint density at radius 2 is 1.69 bits per heavy atom. The summed E-state index contributed by atoms with van der Waals surface area (Å²) in [6.07, 6.45) is 1.84. The van der Waals surface area contributed by atoms with Gasteiger partial charge in [0.15, 0.2) is 0 Å². The minimum absolute atomic E-state index is 0.0472. The number of aliphatic hydroxyl groups excluding tert-OH is 2. The van der Waals surface area contributed by atoms with Gasteiger partial charge in [0.05, 0.1) is 18.8 Å². The smallest absolute Gasteiger partial charge is 0.111 e. The fraction of sp³-hybridized carbons (Fsp3) is 0.333. The van der Waals surface area contributed by atoms with E-state index in [9.17, 15) is 10.2 Å². The highest BCUT2D eigenvalue weighted by molar-refractivity contribution is 5.83. The molecule has 1 saturated heterocycles. The first-order valence-corrected chi connectivity index (χ1v) is 13.7. The van der Waals surface area contributed by atoms with Gasteiger partial charge in [0.25, 0.3) is 0 Å². The van der Waals surface area contributed by atoms with E-state index in [2.05, 4.69) is 77.7 Å². The lowest BCUT2D eigenvalue weighted by Gasteiger charge is -2.25. The molecule has 0 radical (unpaired) electrons. The molecule has 0 aliphatic carbocycles.